The maximum absolute atomic E-state index is 12.2. The van der Waals surface area contributed by atoms with Gasteiger partial charge in [-0.3, -0.25) is 9.59 Å². The number of carbonyl (C=O) groups is 2. The molecular formula is C14H19N3O5. The second-order valence-corrected chi connectivity index (χ2v) is 6.05. The van der Waals surface area contributed by atoms with E-state index in [1.807, 2.05) is 0 Å². The minimum atomic E-state index is -0.785. The predicted octanol–water partition coefficient (Wildman–Crippen LogP) is 0.608. The first-order chi connectivity index (χ1) is 10.5. The van der Waals surface area contributed by atoms with Gasteiger partial charge in [-0.1, -0.05) is 11.6 Å². The lowest BCUT2D eigenvalue weighted by Crippen LogP contribution is -2.38. The van der Waals surface area contributed by atoms with Crippen LogP contribution in [0.1, 0.15) is 31.0 Å². The molecular weight excluding hydrogens is 290 g/mol. The molecule has 0 radical (unpaired) electrons. The average molecular weight is 309 g/mol. The van der Waals surface area contributed by atoms with Crippen LogP contribution in [0.4, 0.5) is 0 Å². The molecule has 1 aromatic rings. The lowest BCUT2D eigenvalue weighted by molar-refractivity contribution is -0.149. The molecule has 2 heterocycles. The fraction of sp³-hybridized carbons (Fsp3) is 0.714. The smallest absolute Gasteiger partial charge is 0.311 e. The minimum Gasteiger partial charge on any atom is -0.481 e. The summed E-state index contributed by atoms with van der Waals surface area (Å²) >= 11 is 0. The molecule has 0 bridgehead atoms. The number of carboxylic acids is 1. The number of amides is 1. The van der Waals surface area contributed by atoms with E-state index in [2.05, 4.69) is 10.1 Å². The largest absolute Gasteiger partial charge is 0.481 e. The Bertz CT molecular complexity index is 587. The zero-order valence-electron chi connectivity index (χ0n) is 12.4. The standard InChI is InChI=1S/C14H19N3O5/c1-9-15-11(22-16-9)6-21-7-12(18)17-5-10-3-2-4-14(10,8-17)13(19)20/h10H,2-8H2,1H3,(H,19,20)/t10-,14+/m0/s1. The highest BCUT2D eigenvalue weighted by Crippen LogP contribution is 2.48. The highest BCUT2D eigenvalue weighted by Gasteiger charge is 2.55. The van der Waals surface area contributed by atoms with E-state index in [9.17, 15) is 14.7 Å². The van der Waals surface area contributed by atoms with E-state index >= 15 is 0 Å². The van der Waals surface area contributed by atoms with Crippen molar-refractivity contribution in [1.29, 1.82) is 0 Å². The molecule has 3 rings (SSSR count). The van der Waals surface area contributed by atoms with Crippen molar-refractivity contribution in [3.8, 4) is 0 Å². The number of aromatic nitrogens is 2. The molecule has 8 heteroatoms. The number of rotatable bonds is 5. The molecule has 1 aromatic heterocycles. The maximum Gasteiger partial charge on any atom is 0.311 e. The Labute approximate surface area is 127 Å². The first-order valence-electron chi connectivity index (χ1n) is 7.39. The number of carbonyl (C=O) groups excluding carboxylic acids is 1. The number of aryl methyl sites for hydroxylation is 1. The van der Waals surface area contributed by atoms with Gasteiger partial charge < -0.3 is 19.3 Å². The van der Waals surface area contributed by atoms with Crippen LogP contribution in [0.2, 0.25) is 0 Å². The van der Waals surface area contributed by atoms with Gasteiger partial charge in [0.15, 0.2) is 5.82 Å². The number of likely N-dealkylation sites (tertiary alicyclic amines) is 1. The second kappa shape index (κ2) is 5.68. The number of hydrogen-bond acceptors (Lipinski definition) is 6. The van der Waals surface area contributed by atoms with Gasteiger partial charge in [0.05, 0.1) is 5.41 Å². The summed E-state index contributed by atoms with van der Waals surface area (Å²) in [5.41, 5.74) is -0.751. The first-order valence-corrected chi connectivity index (χ1v) is 7.39. The Balaban J connectivity index is 1.52. The molecule has 1 aliphatic carbocycles. The van der Waals surface area contributed by atoms with Crippen molar-refractivity contribution in [1.82, 2.24) is 15.0 Å². The first kappa shape index (κ1) is 15.0. The molecule has 0 aromatic carbocycles. The Morgan fingerprint density at radius 1 is 1.55 bits per heavy atom. The van der Waals surface area contributed by atoms with Crippen LogP contribution in [0, 0.1) is 18.3 Å². The fourth-order valence-electron chi connectivity index (χ4n) is 3.54. The van der Waals surface area contributed by atoms with Crippen LogP contribution in [0.25, 0.3) is 0 Å². The van der Waals surface area contributed by atoms with E-state index in [0.29, 0.717) is 24.7 Å². The predicted molar refractivity (Wildman–Crippen MR) is 72.7 cm³/mol. The number of carboxylic acid groups (broad SMARTS) is 1. The van der Waals surface area contributed by atoms with Gasteiger partial charge in [-0.15, -0.1) is 0 Å². The number of nitrogens with zero attached hydrogens (tertiary/aromatic N) is 3. The van der Waals surface area contributed by atoms with Crippen LogP contribution in [-0.2, 0) is 20.9 Å². The van der Waals surface area contributed by atoms with Crippen LogP contribution in [0.15, 0.2) is 4.52 Å². The summed E-state index contributed by atoms with van der Waals surface area (Å²) in [4.78, 5) is 29.3. The van der Waals surface area contributed by atoms with Gasteiger partial charge in [0.2, 0.25) is 5.91 Å². The van der Waals surface area contributed by atoms with Gasteiger partial charge in [-0.25, -0.2) is 0 Å². The maximum atomic E-state index is 12.2. The topological polar surface area (TPSA) is 106 Å². The van der Waals surface area contributed by atoms with Crippen molar-refractivity contribution in [2.24, 2.45) is 11.3 Å². The monoisotopic (exact) mass is 309 g/mol. The van der Waals surface area contributed by atoms with Crippen LogP contribution in [0.5, 0.6) is 0 Å². The number of hydrogen-bond donors (Lipinski definition) is 1. The van der Waals surface area contributed by atoms with Gasteiger partial charge in [0.25, 0.3) is 5.89 Å². The Hall–Kier alpha value is -1.96. The van der Waals surface area contributed by atoms with E-state index in [0.717, 1.165) is 12.8 Å². The van der Waals surface area contributed by atoms with E-state index in [1.165, 1.54) is 0 Å². The third kappa shape index (κ3) is 2.58. The number of ether oxygens (including phenoxy) is 1. The summed E-state index contributed by atoms with van der Waals surface area (Å²) < 4.78 is 10.2. The summed E-state index contributed by atoms with van der Waals surface area (Å²) in [5.74, 6) is -0.0716. The van der Waals surface area contributed by atoms with E-state index in [4.69, 9.17) is 9.26 Å². The zero-order chi connectivity index (χ0) is 15.7. The SMILES string of the molecule is Cc1noc(COCC(=O)N2C[C@@H]3CCC[C@@]3(C(=O)O)C2)n1. The third-order valence-corrected chi connectivity index (χ3v) is 4.67. The van der Waals surface area contributed by atoms with Gasteiger partial charge >= 0.3 is 5.97 Å². The summed E-state index contributed by atoms with van der Waals surface area (Å²) in [5, 5.41) is 13.1. The van der Waals surface area contributed by atoms with Gasteiger partial charge in [-0.2, -0.15) is 4.98 Å². The molecule has 2 fully saturated rings. The van der Waals surface area contributed by atoms with Crippen LogP contribution in [-0.4, -0.2) is 51.7 Å². The van der Waals surface area contributed by atoms with Crippen molar-refractivity contribution < 1.29 is 24.0 Å². The molecule has 0 unspecified atom stereocenters. The Morgan fingerprint density at radius 2 is 2.36 bits per heavy atom. The Morgan fingerprint density at radius 3 is 3.00 bits per heavy atom. The highest BCUT2D eigenvalue weighted by atomic mass is 16.5. The van der Waals surface area contributed by atoms with E-state index in [1.54, 1.807) is 11.8 Å². The molecule has 2 aliphatic rings. The average Bonchev–Trinajstić information content (AvgIpc) is 3.12. The summed E-state index contributed by atoms with van der Waals surface area (Å²) in [7, 11) is 0. The zero-order valence-corrected chi connectivity index (χ0v) is 12.4. The highest BCUT2D eigenvalue weighted by molar-refractivity contribution is 5.82. The number of aliphatic carboxylic acids is 1. The quantitative estimate of drug-likeness (QED) is 0.849. The normalized spacial score (nSPS) is 27.1. The minimum absolute atomic E-state index is 0.0625. The Kier molecular flexibility index (Phi) is 3.86. The van der Waals surface area contributed by atoms with Gasteiger partial charge in [0.1, 0.15) is 13.2 Å². The molecule has 1 N–H and O–H groups in total. The van der Waals surface area contributed by atoms with Crippen LogP contribution < -0.4 is 0 Å². The molecule has 2 atom stereocenters. The second-order valence-electron chi connectivity index (χ2n) is 6.05. The van der Waals surface area contributed by atoms with Gasteiger partial charge in [0, 0.05) is 13.1 Å². The van der Waals surface area contributed by atoms with Gasteiger partial charge in [-0.05, 0) is 25.7 Å². The summed E-state index contributed by atoms with van der Waals surface area (Å²) in [6, 6.07) is 0. The van der Waals surface area contributed by atoms with Crippen molar-refractivity contribution in [2.45, 2.75) is 32.8 Å². The van der Waals surface area contributed by atoms with Crippen molar-refractivity contribution in [3.05, 3.63) is 11.7 Å². The van der Waals surface area contributed by atoms with Crippen molar-refractivity contribution in [2.75, 3.05) is 19.7 Å². The van der Waals surface area contributed by atoms with Crippen molar-refractivity contribution in [3.63, 3.8) is 0 Å². The molecule has 22 heavy (non-hydrogen) atoms. The van der Waals surface area contributed by atoms with Crippen LogP contribution >= 0.6 is 0 Å². The molecule has 1 saturated heterocycles. The molecule has 1 saturated carbocycles. The lowest BCUT2D eigenvalue weighted by atomic mass is 9.81. The van der Waals surface area contributed by atoms with E-state index in [-0.39, 0.29) is 31.6 Å². The van der Waals surface area contributed by atoms with Crippen LogP contribution in [0.3, 0.4) is 0 Å². The fourth-order valence-corrected chi connectivity index (χ4v) is 3.54. The summed E-state index contributed by atoms with van der Waals surface area (Å²) in [6.45, 7) is 2.47. The molecule has 0 spiro atoms. The molecule has 8 nitrogen and oxygen atoms in total. The number of fused-ring (bicyclic) bond motifs is 1. The third-order valence-electron chi connectivity index (χ3n) is 4.67. The summed E-state index contributed by atoms with van der Waals surface area (Å²) in [6.07, 6.45) is 2.45. The molecule has 1 amide bonds. The van der Waals surface area contributed by atoms with E-state index < -0.39 is 11.4 Å². The molecule has 1 aliphatic heterocycles. The van der Waals surface area contributed by atoms with Crippen molar-refractivity contribution >= 4 is 11.9 Å². The molecule has 120 valence electrons. The lowest BCUT2D eigenvalue weighted by Gasteiger charge is -2.23.